The van der Waals surface area contributed by atoms with Crippen molar-refractivity contribution in [1.29, 1.82) is 0 Å². The number of rotatable bonds is 67. The summed E-state index contributed by atoms with van der Waals surface area (Å²) in [5, 5.41) is 9.71. The molecule has 476 valence electrons. The van der Waals surface area contributed by atoms with Crippen LogP contribution in [0.15, 0.2) is 85.1 Å². The first-order valence-electron chi connectivity index (χ1n) is 36.1. The van der Waals surface area contributed by atoms with E-state index in [0.717, 1.165) is 77.0 Å². The van der Waals surface area contributed by atoms with Gasteiger partial charge in [-0.3, -0.25) is 9.59 Å². The summed E-state index contributed by atoms with van der Waals surface area (Å²) in [5.41, 5.74) is 0. The molecule has 0 radical (unpaired) electrons. The Morgan fingerprint density at radius 3 is 0.793 bits per heavy atom. The molecule has 0 amide bonds. The van der Waals surface area contributed by atoms with Gasteiger partial charge in [-0.05, 0) is 89.9 Å². The zero-order valence-electron chi connectivity index (χ0n) is 54.8. The molecule has 82 heavy (non-hydrogen) atoms. The summed E-state index contributed by atoms with van der Waals surface area (Å²) < 4.78 is 10.8. The van der Waals surface area contributed by atoms with Gasteiger partial charge in [-0.1, -0.05) is 356 Å². The molecule has 0 rings (SSSR count). The molecule has 0 bridgehead atoms. The smallest absolute Gasteiger partial charge is 0.306 e. The van der Waals surface area contributed by atoms with Gasteiger partial charge in [0, 0.05) is 12.8 Å². The Kier molecular flexibility index (Phi) is 69.8. The molecule has 0 saturated carbocycles. The van der Waals surface area contributed by atoms with E-state index in [1.807, 2.05) is 0 Å². The zero-order valence-corrected chi connectivity index (χ0v) is 54.8. The number of allylic oxidation sites excluding steroid dienone is 14. The van der Waals surface area contributed by atoms with Gasteiger partial charge >= 0.3 is 11.9 Å². The molecule has 0 aliphatic rings. The number of unbranched alkanes of at least 4 members (excludes halogenated alkanes) is 45. The molecule has 0 saturated heterocycles. The molecule has 0 aliphatic heterocycles. The number of aliphatic hydroxyl groups excluding tert-OH is 1. The van der Waals surface area contributed by atoms with Gasteiger partial charge in [0.05, 0.1) is 6.61 Å². The molecule has 1 N–H and O–H groups in total. The first-order valence-corrected chi connectivity index (χ1v) is 36.1. The maximum atomic E-state index is 12.4. The van der Waals surface area contributed by atoms with Crippen molar-refractivity contribution < 1.29 is 24.2 Å². The van der Waals surface area contributed by atoms with Gasteiger partial charge in [0.25, 0.3) is 0 Å². The van der Waals surface area contributed by atoms with Crippen LogP contribution in [0.4, 0.5) is 0 Å². The average Bonchev–Trinajstić information content (AvgIpc) is 3.49. The number of ether oxygens (including phenoxy) is 2. The lowest BCUT2D eigenvalue weighted by molar-refractivity contribution is -0.161. The van der Waals surface area contributed by atoms with E-state index in [9.17, 15) is 14.7 Å². The lowest BCUT2D eigenvalue weighted by Gasteiger charge is -2.15. The van der Waals surface area contributed by atoms with E-state index >= 15 is 0 Å². The number of esters is 2. The predicted molar refractivity (Wildman–Crippen MR) is 362 cm³/mol. The third-order valence-electron chi connectivity index (χ3n) is 16.2. The standard InChI is InChI=1S/C77H138O5/c1-3-5-7-9-11-13-15-17-19-21-23-25-27-29-31-33-34-35-36-37-38-39-40-41-42-44-45-47-49-51-53-55-57-59-61-63-65-67-69-71-76(79)81-74-75(73-78)82-77(80)72-70-68-66-64-62-60-58-56-54-52-50-48-46-43-32-30-28-26-24-22-20-18-16-14-12-10-8-6-4-2/h6,8,12,14-15,17-18,20-21,23-24,26,30,32,75,78H,3-5,7,9-11,13,16,19,22,25,27-29,31,33-74H2,1-2H3/b8-6-,14-12-,17-15-,20-18-,23-21-,26-24-,32-30-. The summed E-state index contributed by atoms with van der Waals surface area (Å²) in [5.74, 6) is -0.576. The molecule has 0 aliphatic carbocycles. The van der Waals surface area contributed by atoms with Gasteiger partial charge in [-0.2, -0.15) is 0 Å². The molecular formula is C77H138O5. The third kappa shape index (κ3) is 69.6. The van der Waals surface area contributed by atoms with Crippen LogP contribution in [-0.4, -0.2) is 36.4 Å². The van der Waals surface area contributed by atoms with Gasteiger partial charge in [0.1, 0.15) is 6.61 Å². The molecule has 5 nitrogen and oxygen atoms in total. The minimum Gasteiger partial charge on any atom is -0.462 e. The monoisotopic (exact) mass is 1140 g/mol. The van der Waals surface area contributed by atoms with Crippen molar-refractivity contribution in [3.05, 3.63) is 85.1 Å². The van der Waals surface area contributed by atoms with Crippen molar-refractivity contribution >= 4 is 11.9 Å². The zero-order chi connectivity index (χ0) is 59.1. The number of aliphatic hydroxyl groups is 1. The van der Waals surface area contributed by atoms with Crippen molar-refractivity contribution in [3.63, 3.8) is 0 Å². The van der Waals surface area contributed by atoms with Gasteiger partial charge in [-0.25, -0.2) is 0 Å². The second-order valence-corrected chi connectivity index (χ2v) is 24.3. The van der Waals surface area contributed by atoms with Gasteiger partial charge in [0.2, 0.25) is 0 Å². The van der Waals surface area contributed by atoms with E-state index in [0.29, 0.717) is 12.8 Å². The first kappa shape index (κ1) is 79.1. The van der Waals surface area contributed by atoms with Crippen LogP contribution in [0.1, 0.15) is 373 Å². The Morgan fingerprint density at radius 2 is 0.524 bits per heavy atom. The van der Waals surface area contributed by atoms with Crippen LogP contribution < -0.4 is 0 Å². The number of hydrogen-bond acceptors (Lipinski definition) is 5. The molecule has 0 aromatic rings. The van der Waals surface area contributed by atoms with Crippen LogP contribution in [0, 0.1) is 0 Å². The Morgan fingerprint density at radius 1 is 0.293 bits per heavy atom. The van der Waals surface area contributed by atoms with Crippen LogP contribution in [0.5, 0.6) is 0 Å². The second-order valence-electron chi connectivity index (χ2n) is 24.3. The van der Waals surface area contributed by atoms with Crippen LogP contribution >= 0.6 is 0 Å². The topological polar surface area (TPSA) is 72.8 Å². The molecule has 1 atom stereocenters. The van der Waals surface area contributed by atoms with Gasteiger partial charge in [0.15, 0.2) is 6.10 Å². The highest BCUT2D eigenvalue weighted by Crippen LogP contribution is 2.19. The van der Waals surface area contributed by atoms with Gasteiger partial charge < -0.3 is 14.6 Å². The molecule has 0 spiro atoms. The van der Waals surface area contributed by atoms with Crippen LogP contribution in [0.3, 0.4) is 0 Å². The summed E-state index contributed by atoms with van der Waals surface area (Å²) in [7, 11) is 0. The number of hydrogen-bond donors (Lipinski definition) is 1. The van der Waals surface area contributed by atoms with Crippen LogP contribution in [0.25, 0.3) is 0 Å². The summed E-state index contributed by atoms with van der Waals surface area (Å²) in [6, 6.07) is 0. The highest BCUT2D eigenvalue weighted by molar-refractivity contribution is 5.70. The van der Waals surface area contributed by atoms with Crippen molar-refractivity contribution in [2.75, 3.05) is 13.2 Å². The molecule has 0 aromatic carbocycles. The Balaban J connectivity index is 3.40. The largest absolute Gasteiger partial charge is 0.462 e. The van der Waals surface area contributed by atoms with Crippen molar-refractivity contribution in [2.45, 2.75) is 380 Å². The summed E-state index contributed by atoms with van der Waals surface area (Å²) in [6.45, 7) is 4.06. The average molecular weight is 1140 g/mol. The third-order valence-corrected chi connectivity index (χ3v) is 16.2. The Hall–Kier alpha value is -2.92. The normalized spacial score (nSPS) is 12.7. The Labute approximate surface area is 511 Å². The van der Waals surface area contributed by atoms with E-state index in [1.165, 1.54) is 270 Å². The lowest BCUT2D eigenvalue weighted by Crippen LogP contribution is -2.28. The van der Waals surface area contributed by atoms with E-state index in [4.69, 9.17) is 9.47 Å². The van der Waals surface area contributed by atoms with E-state index in [-0.39, 0.29) is 25.2 Å². The van der Waals surface area contributed by atoms with Crippen molar-refractivity contribution in [2.24, 2.45) is 0 Å². The first-order chi connectivity index (χ1) is 40.6. The fourth-order valence-electron chi connectivity index (χ4n) is 10.8. The highest BCUT2D eigenvalue weighted by Gasteiger charge is 2.16. The maximum Gasteiger partial charge on any atom is 0.306 e. The highest BCUT2D eigenvalue weighted by atomic mass is 16.6. The minimum atomic E-state index is -0.776. The fourth-order valence-corrected chi connectivity index (χ4v) is 10.8. The van der Waals surface area contributed by atoms with Crippen molar-refractivity contribution in [3.8, 4) is 0 Å². The van der Waals surface area contributed by atoms with Crippen LogP contribution in [0.2, 0.25) is 0 Å². The SMILES string of the molecule is CC/C=C\C/C=C\C/C=C\C/C=C\C/C=C\CCCCCCCCCCCCCCCC(=O)OC(CO)COC(=O)CCCCCCCCCCCCCCCCCCCCCCCCCCCCC/C=C\C/C=C\CCCCCCC. The second kappa shape index (κ2) is 72.3. The number of carbonyl (C=O) groups is 2. The summed E-state index contributed by atoms with van der Waals surface area (Å²) in [4.78, 5) is 24.7. The molecule has 0 aromatic heterocycles. The quantitative estimate of drug-likeness (QED) is 0.0373. The molecule has 5 heteroatoms. The summed E-state index contributed by atoms with van der Waals surface area (Å²) >= 11 is 0. The predicted octanol–water partition coefficient (Wildman–Crippen LogP) is 25.2. The number of carbonyl (C=O) groups excluding carboxylic acids is 2. The van der Waals surface area contributed by atoms with Gasteiger partial charge in [-0.15, -0.1) is 0 Å². The minimum absolute atomic E-state index is 0.0645. The maximum absolute atomic E-state index is 12.4. The van der Waals surface area contributed by atoms with E-state index in [2.05, 4.69) is 98.9 Å². The molecule has 0 fully saturated rings. The van der Waals surface area contributed by atoms with Crippen LogP contribution in [-0.2, 0) is 19.1 Å². The van der Waals surface area contributed by atoms with E-state index in [1.54, 1.807) is 0 Å². The molecule has 0 heterocycles. The fraction of sp³-hybridized carbons (Fsp3) is 0.792. The molecule has 1 unspecified atom stereocenters. The summed E-state index contributed by atoms with van der Waals surface area (Å²) in [6.07, 6.45) is 102. The molecular weight excluding hydrogens is 1000 g/mol. The Bertz CT molecular complexity index is 1480. The van der Waals surface area contributed by atoms with Crippen molar-refractivity contribution in [1.82, 2.24) is 0 Å². The lowest BCUT2D eigenvalue weighted by atomic mass is 10.0. The van der Waals surface area contributed by atoms with E-state index < -0.39 is 6.10 Å².